The van der Waals surface area contributed by atoms with Crippen molar-refractivity contribution >= 4 is 5.97 Å². The number of ether oxygens (including phenoxy) is 10. The average molecular weight is 875 g/mol. The number of esters is 1. The molecule has 7 rings (SSSR count). The maximum Gasteiger partial charge on any atom is 0.316 e. The Balaban J connectivity index is 1.18. The molecule has 0 aromatic carbocycles. The molecular weight excluding hydrogens is 801 g/mol. The summed E-state index contributed by atoms with van der Waals surface area (Å²) >= 11 is 0. The second kappa shape index (κ2) is 19.8. The molecular formula is C48H74O14. The van der Waals surface area contributed by atoms with Gasteiger partial charge in [-0.3, -0.25) is 4.79 Å². The molecule has 0 saturated carbocycles. The minimum absolute atomic E-state index is 0.00708. The number of aliphatic hydroxyl groups is 3. The van der Waals surface area contributed by atoms with Gasteiger partial charge in [-0.25, -0.2) is 0 Å². The van der Waals surface area contributed by atoms with Crippen LogP contribution < -0.4 is 0 Å². The Hall–Kier alpha value is -2.05. The zero-order chi connectivity index (χ0) is 44.7. The molecule has 1 aliphatic carbocycles. The lowest BCUT2D eigenvalue weighted by molar-refractivity contribution is -0.340. The van der Waals surface area contributed by atoms with Crippen LogP contribution in [0.15, 0.2) is 47.1 Å². The molecule has 6 aliphatic heterocycles. The Morgan fingerprint density at radius 3 is 2.35 bits per heavy atom. The van der Waals surface area contributed by atoms with Gasteiger partial charge in [-0.15, -0.1) is 0 Å². The maximum atomic E-state index is 14.4. The van der Waals surface area contributed by atoms with E-state index in [4.69, 9.17) is 47.4 Å². The van der Waals surface area contributed by atoms with Crippen molar-refractivity contribution < 1.29 is 67.5 Å². The van der Waals surface area contributed by atoms with Crippen molar-refractivity contribution in [3.63, 3.8) is 0 Å². The number of methoxy groups -OCH3 is 2. The molecule has 62 heavy (non-hydrogen) atoms. The topological polar surface area (TPSA) is 170 Å². The van der Waals surface area contributed by atoms with E-state index < -0.39 is 90.8 Å². The van der Waals surface area contributed by atoms with E-state index >= 15 is 0 Å². The third-order valence-corrected chi connectivity index (χ3v) is 14.9. The van der Waals surface area contributed by atoms with E-state index in [1.165, 1.54) is 0 Å². The first-order chi connectivity index (χ1) is 29.5. The van der Waals surface area contributed by atoms with Crippen LogP contribution in [0.2, 0.25) is 0 Å². The predicted molar refractivity (Wildman–Crippen MR) is 227 cm³/mol. The Kier molecular flexibility index (Phi) is 15.3. The largest absolute Gasteiger partial charge is 0.462 e. The van der Waals surface area contributed by atoms with E-state index in [2.05, 4.69) is 40.7 Å². The van der Waals surface area contributed by atoms with E-state index in [1.807, 2.05) is 19.1 Å². The lowest BCUT2D eigenvalue weighted by atomic mass is 9.71. The summed E-state index contributed by atoms with van der Waals surface area (Å²) in [6, 6.07) is 0. The summed E-state index contributed by atoms with van der Waals surface area (Å²) in [4.78, 5) is 14.4. The summed E-state index contributed by atoms with van der Waals surface area (Å²) in [6.45, 7) is 16.3. The van der Waals surface area contributed by atoms with Crippen LogP contribution in [0.1, 0.15) is 107 Å². The van der Waals surface area contributed by atoms with Crippen molar-refractivity contribution in [2.24, 2.45) is 23.7 Å². The summed E-state index contributed by atoms with van der Waals surface area (Å²) < 4.78 is 63.9. The van der Waals surface area contributed by atoms with Crippen molar-refractivity contribution in [2.45, 2.75) is 204 Å². The molecule has 5 saturated heterocycles. The summed E-state index contributed by atoms with van der Waals surface area (Å²) in [5.41, 5.74) is 0.188. The number of hydrogen-bond donors (Lipinski definition) is 3. The van der Waals surface area contributed by atoms with Crippen LogP contribution in [-0.4, -0.2) is 139 Å². The van der Waals surface area contributed by atoms with Crippen molar-refractivity contribution in [1.82, 2.24) is 0 Å². The van der Waals surface area contributed by atoms with Crippen molar-refractivity contribution in [3.05, 3.63) is 47.1 Å². The molecule has 0 aromatic heterocycles. The van der Waals surface area contributed by atoms with E-state index in [1.54, 1.807) is 40.2 Å². The molecule has 0 amide bonds. The highest BCUT2D eigenvalue weighted by molar-refractivity contribution is 5.78. The molecule has 1 spiro atoms. The lowest BCUT2D eigenvalue weighted by Gasteiger charge is -2.51. The monoisotopic (exact) mass is 875 g/mol. The molecule has 20 atom stereocenters. The molecule has 7 aliphatic rings. The number of carbonyl (C=O) groups is 1. The minimum Gasteiger partial charge on any atom is -0.462 e. The highest BCUT2D eigenvalue weighted by Gasteiger charge is 2.60. The highest BCUT2D eigenvalue weighted by atomic mass is 16.7. The van der Waals surface area contributed by atoms with Gasteiger partial charge in [0.05, 0.1) is 49.3 Å². The van der Waals surface area contributed by atoms with Crippen molar-refractivity contribution in [1.29, 1.82) is 0 Å². The van der Waals surface area contributed by atoms with Gasteiger partial charge in [0, 0.05) is 52.2 Å². The summed E-state index contributed by atoms with van der Waals surface area (Å²) in [5.74, 6) is -2.10. The highest BCUT2D eigenvalue weighted by Crippen LogP contribution is 2.48. The second-order valence-electron chi connectivity index (χ2n) is 19.4. The SMILES string of the molecule is CCC(C)[C@H]1O[C@]2(CC[C@@H]1C)C[C@@H]1C[C@@H](C/C=C(\C)[C@@H](O[C@H]3C[C@H](OC)[C@@H](O[C@H]4C[C@H](OC)[C@@H](O)[C@H](C)O4)[C@H](C)O3)[C@@H](C)C=CC=C3CO[C@@H]4[C@H](O)C(C)=C[C@@H](C(=O)O1)[C@]34O)O2. The van der Waals surface area contributed by atoms with Crippen LogP contribution in [0.5, 0.6) is 0 Å². The molecule has 2 bridgehead atoms. The fourth-order valence-electron chi connectivity index (χ4n) is 11.0. The number of aliphatic hydroxyl groups excluding tert-OH is 2. The van der Waals surface area contributed by atoms with Gasteiger partial charge in [0.25, 0.3) is 0 Å². The van der Waals surface area contributed by atoms with Crippen LogP contribution in [0.25, 0.3) is 0 Å². The Morgan fingerprint density at radius 1 is 0.919 bits per heavy atom. The zero-order valence-electron chi connectivity index (χ0n) is 38.5. The smallest absolute Gasteiger partial charge is 0.316 e. The Morgan fingerprint density at radius 2 is 1.63 bits per heavy atom. The van der Waals surface area contributed by atoms with Gasteiger partial charge in [-0.1, -0.05) is 64.5 Å². The summed E-state index contributed by atoms with van der Waals surface area (Å²) in [7, 11) is 3.23. The molecule has 1 unspecified atom stereocenters. The molecule has 0 aromatic rings. The number of rotatable bonds is 8. The zero-order valence-corrected chi connectivity index (χ0v) is 38.5. The molecule has 14 nitrogen and oxygen atoms in total. The normalized spacial score (nSPS) is 48.0. The van der Waals surface area contributed by atoms with Gasteiger partial charge in [-0.2, -0.15) is 0 Å². The summed E-state index contributed by atoms with van der Waals surface area (Å²) in [5, 5.41) is 34.2. The quantitative estimate of drug-likeness (QED) is 0.204. The predicted octanol–water partition coefficient (Wildman–Crippen LogP) is 5.60. The lowest BCUT2D eigenvalue weighted by Crippen LogP contribution is -2.58. The van der Waals surface area contributed by atoms with Gasteiger partial charge >= 0.3 is 5.97 Å². The van der Waals surface area contributed by atoms with Gasteiger partial charge in [0.2, 0.25) is 0 Å². The van der Waals surface area contributed by atoms with Crippen molar-refractivity contribution in [2.75, 3.05) is 20.8 Å². The average Bonchev–Trinajstić information content (AvgIpc) is 3.58. The van der Waals surface area contributed by atoms with Crippen molar-refractivity contribution in [3.8, 4) is 0 Å². The molecule has 350 valence electrons. The third kappa shape index (κ3) is 9.73. The van der Waals surface area contributed by atoms with E-state index in [0.29, 0.717) is 61.5 Å². The molecule has 3 N–H and O–H groups in total. The van der Waals surface area contributed by atoms with Crippen LogP contribution in [-0.2, 0) is 52.2 Å². The minimum atomic E-state index is -1.82. The van der Waals surface area contributed by atoms with Crippen LogP contribution in [0.3, 0.4) is 0 Å². The maximum absolute atomic E-state index is 14.4. The molecule has 14 heteroatoms. The number of allylic oxidation sites excluding steroid dienone is 2. The van der Waals surface area contributed by atoms with Gasteiger partial charge < -0.3 is 62.7 Å². The van der Waals surface area contributed by atoms with Gasteiger partial charge in [0.1, 0.15) is 42.0 Å². The number of carbonyl (C=O) groups excluding carboxylic acids is 1. The molecule has 5 fully saturated rings. The molecule has 6 heterocycles. The number of fused-ring (bicyclic) bond motifs is 2. The number of hydrogen-bond acceptors (Lipinski definition) is 14. The van der Waals surface area contributed by atoms with Gasteiger partial charge in [0.15, 0.2) is 18.4 Å². The van der Waals surface area contributed by atoms with Crippen LogP contribution in [0, 0.1) is 23.7 Å². The third-order valence-electron chi connectivity index (χ3n) is 14.9. The second-order valence-corrected chi connectivity index (χ2v) is 19.4. The Bertz CT molecular complexity index is 1680. The van der Waals surface area contributed by atoms with E-state index in [9.17, 15) is 20.1 Å². The van der Waals surface area contributed by atoms with E-state index in [0.717, 1.165) is 18.4 Å². The standard InChI is InChI=1S/C48H74O14/c1-11-25(2)43-28(5)17-18-47(62-43)23-34-20-33(61-47)16-15-27(4)42(26(3)13-12-14-32-24-55-45-40(49)29(6)19-35(46(51)58-34)48(32,45)52)59-39-22-37(54-10)44(31(8)57-39)60-38-21-36(53-9)41(50)30(7)56-38/h12-15,19,25-26,28,30-31,33-45,49-50,52H,11,16-18,20-24H2,1-10H3/b13-12?,27-15+,32-14?/t25?,26-,28-,30-,31-,33+,34-,35-,36-,37-,38-,39-,40+,41-,42-,43+,44-,45+,47+,48+/m0/s1. The van der Waals surface area contributed by atoms with E-state index in [-0.39, 0.29) is 30.8 Å². The molecule has 0 radical (unpaired) electrons. The fourth-order valence-corrected chi connectivity index (χ4v) is 11.0. The first-order valence-electron chi connectivity index (χ1n) is 23.2. The Labute approximate surface area is 368 Å². The first-order valence-corrected chi connectivity index (χ1v) is 23.2. The van der Waals surface area contributed by atoms with Gasteiger partial charge in [-0.05, 0) is 69.1 Å². The van der Waals surface area contributed by atoms with Crippen LogP contribution >= 0.6 is 0 Å². The summed E-state index contributed by atoms with van der Waals surface area (Å²) in [6.07, 6.45) is 6.53. The van der Waals surface area contributed by atoms with Crippen LogP contribution in [0.4, 0.5) is 0 Å². The first kappa shape index (κ1) is 47.9. The fraction of sp³-hybridized carbons (Fsp3) is 0.812.